The van der Waals surface area contributed by atoms with Crippen molar-refractivity contribution in [1.29, 1.82) is 0 Å². The number of nitrogens with one attached hydrogen (secondary N) is 1. The number of ether oxygens (including phenoxy) is 1. The molecule has 2 aromatic heterocycles. The molecule has 2 heterocycles. The van der Waals surface area contributed by atoms with E-state index in [1.54, 1.807) is 0 Å². The minimum atomic E-state index is -0.527. The molecule has 0 radical (unpaired) electrons. The van der Waals surface area contributed by atoms with Gasteiger partial charge in [-0.25, -0.2) is 14.8 Å². The summed E-state index contributed by atoms with van der Waals surface area (Å²) in [5.41, 5.74) is 0.0657. The smallest absolute Gasteiger partial charge is 0.351 e. The van der Waals surface area contributed by atoms with Crippen molar-refractivity contribution in [2.75, 3.05) is 7.11 Å². The van der Waals surface area contributed by atoms with Crippen LogP contribution in [0.25, 0.3) is 11.4 Å². The molecule has 7 nitrogen and oxygen atoms in total. The molecule has 0 atom stereocenters. The minimum Gasteiger partial charge on any atom is -0.467 e. The number of nitrogens with zero attached hydrogens (tertiary/aromatic N) is 4. The molecule has 7 heteroatoms. The van der Waals surface area contributed by atoms with Crippen molar-refractivity contribution < 1.29 is 4.74 Å². The van der Waals surface area contributed by atoms with Crippen molar-refractivity contribution in [3.63, 3.8) is 0 Å². The van der Waals surface area contributed by atoms with Gasteiger partial charge in [0.2, 0.25) is 0 Å². The van der Waals surface area contributed by atoms with Crippen LogP contribution in [0.15, 0.2) is 23.5 Å². The summed E-state index contributed by atoms with van der Waals surface area (Å²) >= 11 is 0. The topological polar surface area (TPSA) is 93.7 Å². The molecular weight excluding hydrogens is 198 g/mol. The minimum absolute atomic E-state index is 0.0117. The first-order valence-electron chi connectivity index (χ1n) is 4.07. The number of aromatic nitrogens is 5. The Hall–Kier alpha value is -2.31. The van der Waals surface area contributed by atoms with E-state index >= 15 is 0 Å². The zero-order chi connectivity index (χ0) is 10.7. The van der Waals surface area contributed by atoms with E-state index in [1.807, 2.05) is 0 Å². The molecule has 0 aliphatic heterocycles. The van der Waals surface area contributed by atoms with E-state index in [0.717, 1.165) is 0 Å². The monoisotopic (exact) mass is 205 g/mol. The van der Waals surface area contributed by atoms with Crippen molar-refractivity contribution in [3.05, 3.63) is 29.2 Å². The molecule has 0 unspecified atom stereocenters. The highest BCUT2D eigenvalue weighted by atomic mass is 16.5. The number of hydrogen-bond acceptors (Lipinski definition) is 6. The fourth-order valence-electron chi connectivity index (χ4n) is 1.01. The molecule has 0 bridgehead atoms. The lowest BCUT2D eigenvalue weighted by Gasteiger charge is -2.00. The molecule has 0 spiro atoms. The summed E-state index contributed by atoms with van der Waals surface area (Å²) in [6.45, 7) is 0. The maximum absolute atomic E-state index is 11.1. The average molecular weight is 205 g/mol. The molecule has 0 aliphatic rings. The molecule has 0 amide bonds. The quantitative estimate of drug-likeness (QED) is 0.718. The third kappa shape index (κ3) is 1.96. The van der Waals surface area contributed by atoms with Crippen LogP contribution in [-0.4, -0.2) is 32.0 Å². The van der Waals surface area contributed by atoms with Crippen molar-refractivity contribution in [1.82, 2.24) is 24.9 Å². The van der Waals surface area contributed by atoms with Crippen LogP contribution in [0, 0.1) is 0 Å². The van der Waals surface area contributed by atoms with E-state index in [2.05, 4.69) is 24.9 Å². The highest BCUT2D eigenvalue weighted by Crippen LogP contribution is 2.10. The van der Waals surface area contributed by atoms with Crippen LogP contribution >= 0.6 is 0 Å². The molecule has 0 fully saturated rings. The number of methoxy groups -OCH3 is 1. The van der Waals surface area contributed by atoms with Crippen molar-refractivity contribution in [2.45, 2.75) is 0 Å². The first-order chi connectivity index (χ1) is 7.29. The summed E-state index contributed by atoms with van der Waals surface area (Å²) in [5, 5.41) is 0. The van der Waals surface area contributed by atoms with Gasteiger partial charge in [-0.3, -0.25) is 4.98 Å². The van der Waals surface area contributed by atoms with Gasteiger partial charge >= 0.3 is 11.7 Å². The van der Waals surface area contributed by atoms with Crippen LogP contribution in [0.3, 0.4) is 0 Å². The Labute approximate surface area is 84.2 Å². The van der Waals surface area contributed by atoms with Crippen LogP contribution < -0.4 is 10.4 Å². The summed E-state index contributed by atoms with van der Waals surface area (Å²) in [6, 6.07) is 0.0117. The zero-order valence-electron chi connectivity index (χ0n) is 7.84. The normalized spacial score (nSPS) is 9.93. The fourth-order valence-corrected chi connectivity index (χ4v) is 1.01. The summed E-state index contributed by atoms with van der Waals surface area (Å²) in [7, 11) is 1.39. The second-order valence-electron chi connectivity index (χ2n) is 2.62. The van der Waals surface area contributed by atoms with E-state index in [4.69, 9.17) is 4.74 Å². The highest BCUT2D eigenvalue weighted by molar-refractivity contribution is 5.50. The standard InChI is InChI=1S/C8H7N5O2/c1-15-8-12-6(11-7(14)13-8)5-2-9-4-10-3-5/h2-4H,1H3,(H,11,12,13,14). The summed E-state index contributed by atoms with van der Waals surface area (Å²) in [5.74, 6) is 0.326. The van der Waals surface area contributed by atoms with E-state index in [1.165, 1.54) is 25.8 Å². The molecule has 0 aromatic carbocycles. The van der Waals surface area contributed by atoms with Crippen molar-refractivity contribution in [2.24, 2.45) is 0 Å². The van der Waals surface area contributed by atoms with Gasteiger partial charge in [-0.15, -0.1) is 4.98 Å². The molecule has 0 aliphatic carbocycles. The first-order valence-corrected chi connectivity index (χ1v) is 4.07. The lowest BCUT2D eigenvalue weighted by molar-refractivity contribution is 0.377. The molecule has 0 saturated carbocycles. The van der Waals surface area contributed by atoms with Gasteiger partial charge in [-0.2, -0.15) is 4.98 Å². The van der Waals surface area contributed by atoms with Crippen LogP contribution in [0.4, 0.5) is 0 Å². The fraction of sp³-hybridized carbons (Fsp3) is 0.125. The van der Waals surface area contributed by atoms with Crippen molar-refractivity contribution >= 4 is 0 Å². The van der Waals surface area contributed by atoms with Gasteiger partial charge in [0, 0.05) is 12.4 Å². The third-order valence-corrected chi connectivity index (χ3v) is 1.65. The maximum Gasteiger partial charge on any atom is 0.351 e. The second kappa shape index (κ2) is 3.82. The van der Waals surface area contributed by atoms with Gasteiger partial charge < -0.3 is 4.74 Å². The van der Waals surface area contributed by atoms with Crippen molar-refractivity contribution in [3.8, 4) is 17.4 Å². The van der Waals surface area contributed by atoms with Crippen LogP contribution in [-0.2, 0) is 0 Å². The highest BCUT2D eigenvalue weighted by Gasteiger charge is 2.05. The molecule has 76 valence electrons. The van der Waals surface area contributed by atoms with Gasteiger partial charge in [-0.05, 0) is 0 Å². The molecule has 0 saturated heterocycles. The predicted molar refractivity (Wildman–Crippen MR) is 50.2 cm³/mol. The Bertz CT molecular complexity index is 510. The molecule has 1 N–H and O–H groups in total. The second-order valence-corrected chi connectivity index (χ2v) is 2.62. The van der Waals surface area contributed by atoms with Gasteiger partial charge in [0.15, 0.2) is 0 Å². The number of H-pyrrole nitrogens is 1. The zero-order valence-corrected chi connectivity index (χ0v) is 7.84. The summed E-state index contributed by atoms with van der Waals surface area (Å²) in [4.78, 5) is 28.6. The van der Waals surface area contributed by atoms with E-state index in [0.29, 0.717) is 11.4 Å². The Morgan fingerprint density at radius 2 is 2.00 bits per heavy atom. The Balaban J connectivity index is 2.54. The SMILES string of the molecule is COc1nc(-c2cncnc2)[nH]c(=O)n1. The van der Waals surface area contributed by atoms with Gasteiger partial charge in [0.25, 0.3) is 0 Å². The maximum atomic E-state index is 11.1. The Morgan fingerprint density at radius 1 is 1.27 bits per heavy atom. The molecule has 2 aromatic rings. The lowest BCUT2D eigenvalue weighted by atomic mass is 10.3. The Morgan fingerprint density at radius 3 is 2.67 bits per heavy atom. The van der Waals surface area contributed by atoms with Crippen LogP contribution in [0.2, 0.25) is 0 Å². The van der Waals surface area contributed by atoms with Gasteiger partial charge in [0.1, 0.15) is 12.2 Å². The van der Waals surface area contributed by atoms with E-state index < -0.39 is 5.69 Å². The largest absolute Gasteiger partial charge is 0.467 e. The van der Waals surface area contributed by atoms with E-state index in [9.17, 15) is 4.79 Å². The molecule has 15 heavy (non-hydrogen) atoms. The first kappa shape index (κ1) is 9.25. The summed E-state index contributed by atoms with van der Waals surface area (Å²) < 4.78 is 4.77. The number of rotatable bonds is 2. The average Bonchev–Trinajstić information content (AvgIpc) is 2.29. The molecule has 2 rings (SSSR count). The van der Waals surface area contributed by atoms with E-state index in [-0.39, 0.29) is 6.01 Å². The predicted octanol–water partition coefficient (Wildman–Crippen LogP) is -0.370. The molecular formula is C8H7N5O2. The number of aromatic amines is 1. The van der Waals surface area contributed by atoms with Crippen LogP contribution in [0.5, 0.6) is 6.01 Å². The van der Waals surface area contributed by atoms with Gasteiger partial charge in [0.05, 0.1) is 12.7 Å². The van der Waals surface area contributed by atoms with Gasteiger partial charge in [-0.1, -0.05) is 0 Å². The summed E-state index contributed by atoms with van der Waals surface area (Å²) in [6.07, 6.45) is 4.45. The third-order valence-electron chi connectivity index (χ3n) is 1.65. The lowest BCUT2D eigenvalue weighted by Crippen LogP contribution is -2.14. The number of hydrogen-bond donors (Lipinski definition) is 1. The Kier molecular flexibility index (Phi) is 2.36. The van der Waals surface area contributed by atoms with Crippen LogP contribution in [0.1, 0.15) is 0 Å².